The van der Waals surface area contributed by atoms with Crippen molar-refractivity contribution in [3.8, 4) is 22.6 Å². The molecule has 3 nitrogen and oxygen atoms in total. The maximum Gasteiger partial charge on any atom is 0.171 e. The van der Waals surface area contributed by atoms with Crippen LogP contribution in [0.2, 0.25) is 0 Å². The van der Waals surface area contributed by atoms with E-state index in [9.17, 15) is 0 Å². The number of ether oxygens (including phenoxy) is 1. The third-order valence-electron chi connectivity index (χ3n) is 10.3. The molecule has 2 atom stereocenters. The Labute approximate surface area is 278 Å². The van der Waals surface area contributed by atoms with Gasteiger partial charge in [-0.05, 0) is 59.5 Å². The fourth-order valence-corrected chi connectivity index (χ4v) is 11.4. The summed E-state index contributed by atoms with van der Waals surface area (Å²) < 4.78 is 29.5. The molecule has 0 fully saturated rings. The SMILES string of the molecule is Cc1cccc(-c2ccc3c(c2)Oc2ccccc2C32c3ccccc3P(=O)(c3ccccc3)c3cc4oc5ccccc5c4cc32)c1. The number of furan rings is 1. The van der Waals surface area contributed by atoms with Gasteiger partial charge in [0.1, 0.15) is 22.7 Å². The van der Waals surface area contributed by atoms with Crippen molar-refractivity contribution in [2.45, 2.75) is 12.3 Å². The number of para-hydroxylation sites is 2. The lowest BCUT2D eigenvalue weighted by atomic mass is 9.63. The van der Waals surface area contributed by atoms with Crippen LogP contribution in [-0.2, 0) is 9.98 Å². The van der Waals surface area contributed by atoms with Crippen LogP contribution in [0, 0.1) is 6.92 Å². The largest absolute Gasteiger partial charge is 0.457 e. The van der Waals surface area contributed by atoms with Gasteiger partial charge in [0.15, 0.2) is 7.14 Å². The van der Waals surface area contributed by atoms with Crippen molar-refractivity contribution in [1.29, 1.82) is 0 Å². The van der Waals surface area contributed by atoms with Gasteiger partial charge in [-0.15, -0.1) is 0 Å². The number of aryl methyl sites for hydroxylation is 1. The summed E-state index contributed by atoms with van der Waals surface area (Å²) in [5.74, 6) is 1.59. The normalized spacial score (nSPS) is 18.9. The van der Waals surface area contributed by atoms with E-state index in [-0.39, 0.29) is 0 Å². The van der Waals surface area contributed by atoms with Crippen molar-refractivity contribution in [1.82, 2.24) is 0 Å². The lowest BCUT2D eigenvalue weighted by Gasteiger charge is -2.47. The first-order valence-electron chi connectivity index (χ1n) is 16.3. The lowest BCUT2D eigenvalue weighted by Crippen LogP contribution is -2.47. The number of rotatable bonds is 2. The van der Waals surface area contributed by atoms with Gasteiger partial charge < -0.3 is 13.7 Å². The fraction of sp³-hybridized carbons (Fsp3) is 0.0455. The second kappa shape index (κ2) is 9.94. The fourth-order valence-electron chi connectivity index (χ4n) is 8.21. The van der Waals surface area contributed by atoms with E-state index in [2.05, 4.69) is 104 Å². The van der Waals surface area contributed by atoms with Crippen LogP contribution in [0.25, 0.3) is 33.1 Å². The van der Waals surface area contributed by atoms with E-state index in [0.717, 1.165) is 82.7 Å². The molecule has 0 saturated carbocycles. The van der Waals surface area contributed by atoms with Crippen LogP contribution in [0.1, 0.15) is 27.8 Å². The second-order valence-corrected chi connectivity index (χ2v) is 15.6. The molecule has 2 aliphatic rings. The smallest absolute Gasteiger partial charge is 0.171 e. The molecule has 0 saturated heterocycles. The van der Waals surface area contributed by atoms with Crippen LogP contribution in [0.3, 0.4) is 0 Å². The Morgan fingerprint density at radius 2 is 1.23 bits per heavy atom. The maximum atomic E-state index is 16.2. The molecule has 2 unspecified atom stereocenters. The minimum Gasteiger partial charge on any atom is -0.457 e. The Kier molecular flexibility index (Phi) is 5.69. The van der Waals surface area contributed by atoms with E-state index in [1.54, 1.807) is 0 Å². The third kappa shape index (κ3) is 3.57. The Hall–Kier alpha value is -5.63. The molecule has 1 aromatic heterocycles. The number of benzene rings is 7. The van der Waals surface area contributed by atoms with Crippen LogP contribution in [0.5, 0.6) is 11.5 Å². The zero-order valence-corrected chi connectivity index (χ0v) is 27.1. The predicted octanol–water partition coefficient (Wildman–Crippen LogP) is 10.0. The summed E-state index contributed by atoms with van der Waals surface area (Å²) in [5, 5.41) is 4.48. The molecule has 1 spiro atoms. The van der Waals surface area contributed by atoms with Gasteiger partial charge in [0.2, 0.25) is 0 Å². The number of hydrogen-bond acceptors (Lipinski definition) is 3. The monoisotopic (exact) mass is 636 g/mol. The molecule has 3 heterocycles. The van der Waals surface area contributed by atoms with Crippen LogP contribution in [0.4, 0.5) is 0 Å². The Morgan fingerprint density at radius 3 is 2.10 bits per heavy atom. The molecule has 2 aliphatic heterocycles. The van der Waals surface area contributed by atoms with Crippen molar-refractivity contribution < 1.29 is 13.7 Å². The first-order chi connectivity index (χ1) is 23.6. The Balaban J connectivity index is 1.39. The van der Waals surface area contributed by atoms with Crippen molar-refractivity contribution in [3.05, 3.63) is 186 Å². The van der Waals surface area contributed by atoms with Gasteiger partial charge in [-0.25, -0.2) is 0 Å². The second-order valence-electron chi connectivity index (χ2n) is 12.9. The van der Waals surface area contributed by atoms with Crippen molar-refractivity contribution in [3.63, 3.8) is 0 Å². The molecule has 7 aromatic carbocycles. The summed E-state index contributed by atoms with van der Waals surface area (Å²) in [4.78, 5) is 0. The minimum atomic E-state index is -3.37. The van der Waals surface area contributed by atoms with Crippen LogP contribution in [0.15, 0.2) is 162 Å². The summed E-state index contributed by atoms with van der Waals surface area (Å²) in [6.45, 7) is 2.12. The van der Waals surface area contributed by atoms with E-state index in [4.69, 9.17) is 9.15 Å². The standard InChI is InChI=1S/C44H29O3P/c1-28-12-11-13-29(24-28)30-22-23-35-41(25-30)47-39-20-9-6-17-34(39)44(35)36-18-7-10-21-42(36)48(45,31-14-3-2-4-15-31)43-27-40-33(26-37(43)44)32-16-5-8-19-38(32)46-40/h2-27H,1H3. The van der Waals surface area contributed by atoms with Crippen molar-refractivity contribution >= 4 is 45.0 Å². The molecule has 0 N–H and O–H groups in total. The van der Waals surface area contributed by atoms with E-state index >= 15 is 4.57 Å². The highest BCUT2D eigenvalue weighted by molar-refractivity contribution is 7.85. The average Bonchev–Trinajstić information content (AvgIpc) is 3.50. The molecule has 0 radical (unpaired) electrons. The molecule has 48 heavy (non-hydrogen) atoms. The van der Waals surface area contributed by atoms with Crippen LogP contribution >= 0.6 is 7.14 Å². The molecule has 0 aliphatic carbocycles. The Morgan fingerprint density at radius 1 is 0.500 bits per heavy atom. The van der Waals surface area contributed by atoms with E-state index in [0.29, 0.717) is 0 Å². The first kappa shape index (κ1) is 27.5. The first-order valence-corrected chi connectivity index (χ1v) is 18.0. The number of fused-ring (bicyclic) bond motifs is 11. The minimum absolute atomic E-state index is 0.732. The van der Waals surface area contributed by atoms with Gasteiger partial charge in [0.25, 0.3) is 0 Å². The summed E-state index contributed by atoms with van der Waals surface area (Å²) in [5.41, 5.74) is 8.22. The molecule has 0 amide bonds. The van der Waals surface area contributed by atoms with Crippen LogP contribution < -0.4 is 20.7 Å². The van der Waals surface area contributed by atoms with Gasteiger partial charge in [0.05, 0.1) is 5.41 Å². The zero-order valence-electron chi connectivity index (χ0n) is 26.2. The highest BCUT2D eigenvalue weighted by Crippen LogP contribution is 2.62. The lowest BCUT2D eigenvalue weighted by molar-refractivity contribution is 0.435. The van der Waals surface area contributed by atoms with Gasteiger partial charge >= 0.3 is 0 Å². The predicted molar refractivity (Wildman–Crippen MR) is 195 cm³/mol. The molecule has 4 heteroatoms. The van der Waals surface area contributed by atoms with Crippen molar-refractivity contribution in [2.24, 2.45) is 0 Å². The number of hydrogen-bond donors (Lipinski definition) is 0. The third-order valence-corrected chi connectivity index (χ3v) is 13.4. The quantitative estimate of drug-likeness (QED) is 0.177. The molecule has 10 rings (SSSR count). The van der Waals surface area contributed by atoms with Crippen molar-refractivity contribution in [2.75, 3.05) is 0 Å². The molecule has 8 aromatic rings. The summed E-state index contributed by atoms with van der Waals surface area (Å²) in [7, 11) is -3.37. The van der Waals surface area contributed by atoms with Gasteiger partial charge in [-0.3, -0.25) is 0 Å². The topological polar surface area (TPSA) is 39.4 Å². The van der Waals surface area contributed by atoms with E-state index < -0.39 is 12.6 Å². The summed E-state index contributed by atoms with van der Waals surface area (Å²) >= 11 is 0. The highest BCUT2D eigenvalue weighted by Gasteiger charge is 2.55. The van der Waals surface area contributed by atoms with Gasteiger partial charge in [-0.1, -0.05) is 133 Å². The molecular formula is C44H29O3P. The zero-order chi connectivity index (χ0) is 32.0. The van der Waals surface area contributed by atoms with Gasteiger partial charge in [0, 0.05) is 37.8 Å². The molecule has 0 bridgehead atoms. The summed E-state index contributed by atoms with van der Waals surface area (Å²) in [6.07, 6.45) is 0. The average molecular weight is 637 g/mol. The Bertz CT molecular complexity index is 2650. The highest BCUT2D eigenvalue weighted by atomic mass is 31.2. The van der Waals surface area contributed by atoms with Gasteiger partial charge in [-0.2, -0.15) is 0 Å². The summed E-state index contributed by atoms with van der Waals surface area (Å²) in [6, 6.07) is 54.2. The van der Waals surface area contributed by atoms with E-state index in [1.807, 2.05) is 60.7 Å². The molecular weight excluding hydrogens is 607 g/mol. The maximum absolute atomic E-state index is 16.2. The van der Waals surface area contributed by atoms with E-state index in [1.165, 1.54) is 5.56 Å². The molecule has 228 valence electrons. The van der Waals surface area contributed by atoms with Crippen LogP contribution in [-0.4, -0.2) is 0 Å².